The number of non-ortho nitro benzene ring substituents is 1. The van der Waals surface area contributed by atoms with E-state index < -0.39 is 4.92 Å². The SMILES string of the molecule is Cc1cc(N2CCCCC2c2nnc3n2CCCC3)nc(-c2cccc([N+](=O)[O-])c2)n1. The van der Waals surface area contributed by atoms with Gasteiger partial charge in [-0.15, -0.1) is 10.2 Å². The van der Waals surface area contributed by atoms with E-state index in [9.17, 15) is 10.1 Å². The average molecular weight is 419 g/mol. The van der Waals surface area contributed by atoms with Gasteiger partial charge in [-0.3, -0.25) is 10.1 Å². The van der Waals surface area contributed by atoms with Gasteiger partial charge in [0.15, 0.2) is 11.6 Å². The van der Waals surface area contributed by atoms with Gasteiger partial charge in [0.25, 0.3) is 5.69 Å². The highest BCUT2D eigenvalue weighted by Crippen LogP contribution is 2.35. The maximum absolute atomic E-state index is 11.2. The van der Waals surface area contributed by atoms with Crippen LogP contribution in [0.1, 0.15) is 55.5 Å². The summed E-state index contributed by atoms with van der Waals surface area (Å²) < 4.78 is 2.29. The number of anilines is 1. The van der Waals surface area contributed by atoms with Crippen molar-refractivity contribution in [2.24, 2.45) is 0 Å². The molecule has 1 aromatic carbocycles. The van der Waals surface area contributed by atoms with Gasteiger partial charge in [0.2, 0.25) is 0 Å². The van der Waals surface area contributed by atoms with Crippen molar-refractivity contribution in [3.8, 4) is 11.4 Å². The molecule has 4 heterocycles. The summed E-state index contributed by atoms with van der Waals surface area (Å²) >= 11 is 0. The van der Waals surface area contributed by atoms with Crippen LogP contribution in [-0.2, 0) is 13.0 Å². The highest BCUT2D eigenvalue weighted by Gasteiger charge is 2.31. The fourth-order valence-corrected chi connectivity index (χ4v) is 4.64. The van der Waals surface area contributed by atoms with Crippen LogP contribution in [0.4, 0.5) is 11.5 Å². The van der Waals surface area contributed by atoms with Crippen molar-refractivity contribution in [1.29, 1.82) is 0 Å². The molecule has 0 amide bonds. The van der Waals surface area contributed by atoms with Gasteiger partial charge in [0.1, 0.15) is 11.6 Å². The lowest BCUT2D eigenvalue weighted by molar-refractivity contribution is -0.384. The number of nitro benzene ring substituents is 1. The minimum absolute atomic E-state index is 0.0371. The Morgan fingerprint density at radius 3 is 2.81 bits per heavy atom. The summed E-state index contributed by atoms with van der Waals surface area (Å²) in [6.07, 6.45) is 6.56. The second kappa shape index (κ2) is 8.05. The van der Waals surface area contributed by atoms with E-state index in [2.05, 4.69) is 24.6 Å². The summed E-state index contributed by atoms with van der Waals surface area (Å²) in [5, 5.41) is 20.2. The van der Waals surface area contributed by atoms with E-state index in [-0.39, 0.29) is 11.7 Å². The Balaban J connectivity index is 1.53. The van der Waals surface area contributed by atoms with E-state index >= 15 is 0 Å². The third kappa shape index (κ3) is 3.75. The smallest absolute Gasteiger partial charge is 0.270 e. The van der Waals surface area contributed by atoms with E-state index in [1.807, 2.05) is 19.1 Å². The molecule has 2 aromatic heterocycles. The van der Waals surface area contributed by atoms with Crippen molar-refractivity contribution in [3.05, 3.63) is 57.8 Å². The van der Waals surface area contributed by atoms with Gasteiger partial charge >= 0.3 is 0 Å². The number of hydrogen-bond acceptors (Lipinski definition) is 7. The molecule has 2 aliphatic rings. The van der Waals surface area contributed by atoms with E-state index in [4.69, 9.17) is 4.98 Å². The topological polar surface area (TPSA) is 103 Å². The van der Waals surface area contributed by atoms with Gasteiger partial charge in [0, 0.05) is 49.0 Å². The van der Waals surface area contributed by atoms with E-state index in [1.165, 1.54) is 18.6 Å². The number of nitro groups is 1. The van der Waals surface area contributed by atoms with E-state index in [0.717, 1.165) is 68.4 Å². The average Bonchev–Trinajstić information content (AvgIpc) is 3.23. The molecule has 1 fully saturated rings. The first-order valence-corrected chi connectivity index (χ1v) is 10.9. The summed E-state index contributed by atoms with van der Waals surface area (Å²) in [5.41, 5.74) is 1.52. The van der Waals surface area contributed by atoms with Gasteiger partial charge in [-0.05, 0) is 39.0 Å². The number of nitrogens with zero attached hydrogens (tertiary/aromatic N) is 7. The monoisotopic (exact) mass is 419 g/mol. The van der Waals surface area contributed by atoms with Gasteiger partial charge in [-0.25, -0.2) is 9.97 Å². The summed E-state index contributed by atoms with van der Waals surface area (Å²) in [5.74, 6) is 3.46. The second-order valence-electron chi connectivity index (χ2n) is 8.29. The Kier molecular flexibility index (Phi) is 5.09. The molecule has 0 aliphatic carbocycles. The molecule has 9 nitrogen and oxygen atoms in total. The summed E-state index contributed by atoms with van der Waals surface area (Å²) in [4.78, 5) is 22.5. The molecule has 0 spiro atoms. The van der Waals surface area contributed by atoms with Crippen molar-refractivity contribution in [2.45, 2.75) is 58.0 Å². The normalized spacial score (nSPS) is 18.6. The third-order valence-corrected chi connectivity index (χ3v) is 6.14. The predicted octanol–water partition coefficient (Wildman–Crippen LogP) is 4.02. The molecule has 3 aromatic rings. The molecule has 1 atom stereocenters. The third-order valence-electron chi connectivity index (χ3n) is 6.14. The Morgan fingerprint density at radius 2 is 1.94 bits per heavy atom. The minimum Gasteiger partial charge on any atom is -0.346 e. The first-order valence-electron chi connectivity index (χ1n) is 10.9. The maximum Gasteiger partial charge on any atom is 0.270 e. The number of piperidine rings is 1. The molecule has 0 radical (unpaired) electrons. The molecular formula is C22H25N7O2. The van der Waals surface area contributed by atoms with Crippen LogP contribution < -0.4 is 4.90 Å². The predicted molar refractivity (Wildman–Crippen MR) is 116 cm³/mol. The summed E-state index contributed by atoms with van der Waals surface area (Å²) in [7, 11) is 0. The second-order valence-corrected chi connectivity index (χ2v) is 8.29. The Bertz CT molecular complexity index is 1130. The van der Waals surface area contributed by atoms with Crippen molar-refractivity contribution >= 4 is 11.5 Å². The highest BCUT2D eigenvalue weighted by molar-refractivity contribution is 5.61. The molecule has 5 rings (SSSR count). The van der Waals surface area contributed by atoms with Crippen molar-refractivity contribution < 1.29 is 4.92 Å². The molecule has 2 aliphatic heterocycles. The summed E-state index contributed by atoms with van der Waals surface area (Å²) in [6, 6.07) is 8.61. The number of fused-ring (bicyclic) bond motifs is 1. The van der Waals surface area contributed by atoms with Crippen LogP contribution in [0, 0.1) is 17.0 Å². The minimum atomic E-state index is -0.394. The first-order chi connectivity index (χ1) is 15.1. The quantitative estimate of drug-likeness (QED) is 0.465. The molecular weight excluding hydrogens is 394 g/mol. The zero-order chi connectivity index (χ0) is 21.4. The fourth-order valence-electron chi connectivity index (χ4n) is 4.64. The largest absolute Gasteiger partial charge is 0.346 e. The molecule has 0 saturated carbocycles. The van der Waals surface area contributed by atoms with Gasteiger partial charge in [-0.1, -0.05) is 12.1 Å². The van der Waals surface area contributed by atoms with Crippen LogP contribution in [0.25, 0.3) is 11.4 Å². The Labute approximate surface area is 180 Å². The highest BCUT2D eigenvalue weighted by atomic mass is 16.6. The van der Waals surface area contributed by atoms with Gasteiger partial charge in [0.05, 0.1) is 11.0 Å². The van der Waals surface area contributed by atoms with Crippen LogP contribution in [0.3, 0.4) is 0 Å². The molecule has 0 bridgehead atoms. The number of aromatic nitrogens is 5. The van der Waals surface area contributed by atoms with Gasteiger partial charge in [-0.2, -0.15) is 0 Å². The van der Waals surface area contributed by atoms with Crippen LogP contribution >= 0.6 is 0 Å². The van der Waals surface area contributed by atoms with E-state index in [1.54, 1.807) is 6.07 Å². The Hall–Kier alpha value is -3.36. The molecule has 1 saturated heterocycles. The summed E-state index contributed by atoms with van der Waals surface area (Å²) in [6.45, 7) is 3.80. The molecule has 0 N–H and O–H groups in total. The molecule has 9 heteroatoms. The zero-order valence-electron chi connectivity index (χ0n) is 17.6. The zero-order valence-corrected chi connectivity index (χ0v) is 17.6. The van der Waals surface area contributed by atoms with Crippen LogP contribution in [-0.4, -0.2) is 36.2 Å². The lowest BCUT2D eigenvalue weighted by Gasteiger charge is -2.36. The number of rotatable bonds is 4. The molecule has 160 valence electrons. The number of hydrogen-bond donors (Lipinski definition) is 0. The number of aryl methyl sites for hydroxylation is 2. The van der Waals surface area contributed by atoms with Crippen molar-refractivity contribution in [3.63, 3.8) is 0 Å². The Morgan fingerprint density at radius 1 is 1.06 bits per heavy atom. The van der Waals surface area contributed by atoms with Crippen LogP contribution in [0.5, 0.6) is 0 Å². The van der Waals surface area contributed by atoms with Crippen LogP contribution in [0.2, 0.25) is 0 Å². The van der Waals surface area contributed by atoms with E-state index in [0.29, 0.717) is 11.4 Å². The fraction of sp³-hybridized carbons (Fsp3) is 0.455. The van der Waals surface area contributed by atoms with Crippen LogP contribution in [0.15, 0.2) is 30.3 Å². The first kappa shape index (κ1) is 19.6. The van der Waals surface area contributed by atoms with Crippen molar-refractivity contribution in [1.82, 2.24) is 24.7 Å². The molecule has 31 heavy (non-hydrogen) atoms. The standard InChI is InChI=1S/C22H25N7O2/c1-15-13-20(24-21(23-15)16-7-6-8-17(14-16)29(30)31)27-11-4-2-9-18(27)22-26-25-19-10-3-5-12-28(19)22/h6-8,13-14,18H,2-5,9-12H2,1H3. The number of benzene rings is 1. The van der Waals surface area contributed by atoms with Crippen molar-refractivity contribution in [2.75, 3.05) is 11.4 Å². The lowest BCUT2D eigenvalue weighted by atomic mass is 10.0. The maximum atomic E-state index is 11.2. The lowest BCUT2D eigenvalue weighted by Crippen LogP contribution is -2.36. The van der Waals surface area contributed by atoms with Gasteiger partial charge < -0.3 is 9.47 Å². The molecule has 1 unspecified atom stereocenters.